The number of alkyl halides is 12. The van der Waals surface area contributed by atoms with Crippen LogP contribution in [-0.4, -0.2) is 79.6 Å². The molecule has 0 fully saturated rings. The van der Waals surface area contributed by atoms with E-state index in [9.17, 15) is 57.1 Å². The van der Waals surface area contributed by atoms with Gasteiger partial charge in [-0.3, -0.25) is 10.1 Å². The van der Waals surface area contributed by atoms with Crippen LogP contribution in [0.3, 0.4) is 0 Å². The zero-order chi connectivity index (χ0) is 41.1. The third-order valence-corrected chi connectivity index (χ3v) is 5.77. The second-order valence-corrected chi connectivity index (χ2v) is 10.0. The summed E-state index contributed by atoms with van der Waals surface area (Å²) >= 11 is 0. The number of ether oxygens (including phenoxy) is 1. The first-order valence-corrected chi connectivity index (χ1v) is 13.6. The van der Waals surface area contributed by atoms with Crippen molar-refractivity contribution >= 4 is 28.8 Å². The number of nitrogens with two attached hydrogens (primary N) is 1. The van der Waals surface area contributed by atoms with Crippen LogP contribution >= 0.6 is 0 Å². The lowest BCUT2D eigenvalue weighted by atomic mass is 10.0. The number of fused-ring (bicyclic) bond motifs is 1. The Morgan fingerprint density at radius 2 is 1.28 bits per heavy atom. The Balaban J connectivity index is 0.000000545. The summed E-state index contributed by atoms with van der Waals surface area (Å²) in [5, 5.41) is 29.5. The SMILES string of the molecule is Cc1[nH]nc2ccc(-c3cncc(OC[C@@H](N)Cc4cc(F)cc(C(F)(F)F)c4)c3)cc12.O=C(O)C(F)(F)F.O=C(O)C(F)(F)F.O=C(O)C(F)(F)F. The number of nitrogens with one attached hydrogen (secondary N) is 1. The molecule has 0 aliphatic heterocycles. The first kappa shape index (κ1) is 45.3. The van der Waals surface area contributed by atoms with Crippen molar-refractivity contribution in [3.05, 3.63) is 77.5 Å². The number of aliphatic carboxylic acids is 3. The van der Waals surface area contributed by atoms with E-state index in [4.69, 9.17) is 40.2 Å². The number of halogens is 13. The zero-order valence-corrected chi connectivity index (χ0v) is 26.0. The van der Waals surface area contributed by atoms with Gasteiger partial charge in [0.15, 0.2) is 0 Å². The van der Waals surface area contributed by atoms with Crippen LogP contribution in [0.25, 0.3) is 22.0 Å². The quantitative estimate of drug-likeness (QED) is 0.128. The van der Waals surface area contributed by atoms with Gasteiger partial charge in [0.25, 0.3) is 0 Å². The number of pyridine rings is 1. The molecular weight excluding hydrogens is 763 g/mol. The van der Waals surface area contributed by atoms with Gasteiger partial charge >= 0.3 is 42.6 Å². The lowest BCUT2D eigenvalue weighted by Crippen LogP contribution is -2.30. The van der Waals surface area contributed by atoms with Crippen molar-refractivity contribution in [1.29, 1.82) is 0 Å². The Morgan fingerprint density at radius 1 is 0.774 bits per heavy atom. The molecule has 0 aliphatic rings. The van der Waals surface area contributed by atoms with Gasteiger partial charge in [0.2, 0.25) is 0 Å². The van der Waals surface area contributed by atoms with Gasteiger partial charge in [-0.25, -0.2) is 18.8 Å². The van der Waals surface area contributed by atoms with Crippen LogP contribution in [0.5, 0.6) is 5.75 Å². The Labute approximate surface area is 286 Å². The number of aromatic nitrogens is 3. The van der Waals surface area contributed by atoms with E-state index in [1.54, 1.807) is 12.3 Å². The molecular formula is C29H23F13N4O7. The summed E-state index contributed by atoms with van der Waals surface area (Å²) < 4.78 is 153. The fraction of sp³-hybridized carbons (Fsp3) is 0.276. The molecule has 2 aromatic carbocycles. The number of hydrogen-bond donors (Lipinski definition) is 5. The lowest BCUT2D eigenvalue weighted by Gasteiger charge is -2.15. The van der Waals surface area contributed by atoms with E-state index in [0.717, 1.165) is 39.9 Å². The van der Waals surface area contributed by atoms with Gasteiger partial charge in [-0.1, -0.05) is 6.07 Å². The smallest absolute Gasteiger partial charge is 0.490 e. The average Bonchev–Trinajstić information content (AvgIpc) is 3.38. The summed E-state index contributed by atoms with van der Waals surface area (Å²) in [6.45, 7) is 1.97. The first-order valence-electron chi connectivity index (χ1n) is 13.6. The number of rotatable bonds is 6. The molecule has 0 bridgehead atoms. The molecule has 0 spiro atoms. The number of aromatic amines is 1. The third kappa shape index (κ3) is 16.0. The minimum absolute atomic E-state index is 0.0306. The average molecular weight is 786 g/mol. The summed E-state index contributed by atoms with van der Waals surface area (Å²) in [6.07, 6.45) is -16.6. The molecule has 24 heteroatoms. The Hall–Kier alpha value is -5.68. The molecule has 0 radical (unpaired) electrons. The van der Waals surface area contributed by atoms with Gasteiger partial charge in [0.05, 0.1) is 17.3 Å². The predicted octanol–water partition coefficient (Wildman–Crippen LogP) is 6.94. The van der Waals surface area contributed by atoms with Crippen LogP contribution in [0, 0.1) is 12.7 Å². The molecule has 1 atom stereocenters. The highest BCUT2D eigenvalue weighted by Gasteiger charge is 2.39. The number of hydrogen-bond acceptors (Lipinski definition) is 7. The van der Waals surface area contributed by atoms with Crippen LogP contribution in [0.2, 0.25) is 0 Å². The largest absolute Gasteiger partial charge is 0.490 e. The molecule has 2 heterocycles. The summed E-state index contributed by atoms with van der Waals surface area (Å²) in [6, 6.07) is 9.42. The summed E-state index contributed by atoms with van der Waals surface area (Å²) in [5.41, 5.74) is 8.72. The minimum Gasteiger partial charge on any atom is -0.490 e. The summed E-state index contributed by atoms with van der Waals surface area (Å²) in [5.74, 6) is -8.76. The molecule has 11 nitrogen and oxygen atoms in total. The highest BCUT2D eigenvalue weighted by molar-refractivity contribution is 5.86. The molecule has 4 rings (SSSR count). The molecule has 292 valence electrons. The fourth-order valence-corrected chi connectivity index (χ4v) is 3.47. The maximum Gasteiger partial charge on any atom is 0.490 e. The number of nitrogens with zero attached hydrogens (tertiary/aromatic N) is 2. The monoisotopic (exact) mass is 786 g/mol. The molecule has 2 aromatic heterocycles. The van der Waals surface area contributed by atoms with Crippen LogP contribution in [0.15, 0.2) is 54.9 Å². The highest BCUT2D eigenvalue weighted by atomic mass is 19.4. The Bertz CT molecular complexity index is 1800. The van der Waals surface area contributed by atoms with E-state index in [-0.39, 0.29) is 18.6 Å². The summed E-state index contributed by atoms with van der Waals surface area (Å²) in [7, 11) is 0. The van der Waals surface area contributed by atoms with Crippen molar-refractivity contribution in [3.63, 3.8) is 0 Å². The van der Waals surface area contributed by atoms with E-state index in [0.29, 0.717) is 11.8 Å². The Morgan fingerprint density at radius 3 is 1.75 bits per heavy atom. The van der Waals surface area contributed by atoms with Gasteiger partial charge in [-0.15, -0.1) is 0 Å². The number of carbonyl (C=O) groups is 3. The molecule has 0 saturated heterocycles. The van der Waals surface area contributed by atoms with Crippen LogP contribution in [-0.2, 0) is 27.0 Å². The standard InChI is InChI=1S/C23H20F4N4O.3C2HF3O2/c1-13-21-8-15(2-3-22(21)31-30-13)16-7-20(11-29-10-16)32-12-19(28)6-14-4-17(23(25,26)27)9-18(24)5-14;3*3-2(4,5)1(6)7/h2-5,7-11,19H,6,12,28H2,1H3,(H,30,31);3*(H,6,7)/t19-;;;/m0.../s1. The summed E-state index contributed by atoms with van der Waals surface area (Å²) in [4.78, 5) is 30.9. The molecule has 0 amide bonds. The van der Waals surface area contributed by atoms with Crippen molar-refractivity contribution in [2.75, 3.05) is 6.61 Å². The molecule has 6 N–H and O–H groups in total. The van der Waals surface area contributed by atoms with Crippen molar-refractivity contribution in [2.24, 2.45) is 5.73 Å². The minimum atomic E-state index is -5.08. The van der Waals surface area contributed by atoms with Crippen molar-refractivity contribution in [2.45, 2.75) is 44.1 Å². The normalized spacial score (nSPS) is 12.2. The van der Waals surface area contributed by atoms with Crippen LogP contribution in [0.4, 0.5) is 57.1 Å². The molecule has 0 unspecified atom stereocenters. The number of benzene rings is 2. The van der Waals surface area contributed by atoms with Crippen LogP contribution < -0.4 is 10.5 Å². The third-order valence-electron chi connectivity index (χ3n) is 5.77. The Kier molecular flexibility index (Phi) is 15.6. The van der Waals surface area contributed by atoms with Gasteiger partial charge in [-0.2, -0.15) is 57.8 Å². The lowest BCUT2D eigenvalue weighted by molar-refractivity contribution is -0.193. The first-order chi connectivity index (χ1) is 24.0. The number of H-pyrrole nitrogens is 1. The molecule has 0 saturated carbocycles. The van der Waals surface area contributed by atoms with Crippen molar-refractivity contribution < 1.29 is 91.5 Å². The van der Waals surface area contributed by atoms with Gasteiger partial charge in [-0.05, 0) is 60.9 Å². The molecule has 53 heavy (non-hydrogen) atoms. The van der Waals surface area contributed by atoms with E-state index >= 15 is 0 Å². The number of carboxylic acid groups (broad SMARTS) is 3. The zero-order valence-electron chi connectivity index (χ0n) is 26.0. The van der Waals surface area contributed by atoms with E-state index < -0.39 is 60.0 Å². The maximum atomic E-state index is 13.6. The van der Waals surface area contributed by atoms with Gasteiger partial charge in [0.1, 0.15) is 18.2 Å². The van der Waals surface area contributed by atoms with E-state index in [1.165, 1.54) is 6.20 Å². The second-order valence-electron chi connectivity index (χ2n) is 10.0. The number of carboxylic acids is 3. The number of aryl methyl sites for hydroxylation is 1. The van der Waals surface area contributed by atoms with E-state index in [1.807, 2.05) is 25.1 Å². The highest BCUT2D eigenvalue weighted by Crippen LogP contribution is 2.31. The topological polar surface area (TPSA) is 189 Å². The fourth-order valence-electron chi connectivity index (χ4n) is 3.47. The van der Waals surface area contributed by atoms with Gasteiger partial charge in [0, 0.05) is 28.9 Å². The second kappa shape index (κ2) is 18.2. The predicted molar refractivity (Wildman–Crippen MR) is 154 cm³/mol. The van der Waals surface area contributed by atoms with Crippen molar-refractivity contribution in [3.8, 4) is 16.9 Å². The van der Waals surface area contributed by atoms with E-state index in [2.05, 4.69) is 15.2 Å². The van der Waals surface area contributed by atoms with Crippen LogP contribution in [0.1, 0.15) is 16.8 Å². The van der Waals surface area contributed by atoms with Gasteiger partial charge < -0.3 is 25.8 Å². The van der Waals surface area contributed by atoms with Crippen molar-refractivity contribution in [1.82, 2.24) is 15.2 Å². The molecule has 4 aromatic rings. The molecule has 0 aliphatic carbocycles. The maximum absolute atomic E-state index is 13.6.